The van der Waals surface area contributed by atoms with Gasteiger partial charge in [-0.15, -0.1) is 0 Å². The van der Waals surface area contributed by atoms with Crippen LogP contribution in [-0.4, -0.2) is 9.13 Å². The van der Waals surface area contributed by atoms with Crippen molar-refractivity contribution in [3.8, 4) is 11.4 Å². The fraction of sp³-hybridized carbons (Fsp3) is 0. The number of nitrogens with zero attached hydrogens (tertiary/aromatic N) is 2. The molecule has 3 heteroatoms. The van der Waals surface area contributed by atoms with Gasteiger partial charge in [-0.25, -0.2) is 0 Å². The topological polar surface area (TPSA) is 9.86 Å². The molecule has 0 bridgehead atoms. The van der Waals surface area contributed by atoms with Crippen molar-refractivity contribution in [3.05, 3.63) is 108 Å². The average Bonchev–Trinajstić information content (AvgIpc) is 3.29. The third-order valence-electron chi connectivity index (χ3n) is 5.57. The van der Waals surface area contributed by atoms with Crippen LogP contribution in [0.3, 0.4) is 0 Å². The third kappa shape index (κ3) is 2.34. The van der Waals surface area contributed by atoms with Gasteiger partial charge < -0.3 is 9.13 Å². The predicted molar refractivity (Wildman–Crippen MR) is 125 cm³/mol. The van der Waals surface area contributed by atoms with E-state index >= 15 is 0 Å². The molecule has 0 spiro atoms. The number of benzene rings is 4. The molecule has 0 atom stereocenters. The predicted octanol–water partition coefficient (Wildman–Crippen LogP) is 7.49. The van der Waals surface area contributed by atoms with Crippen molar-refractivity contribution in [2.45, 2.75) is 0 Å². The summed E-state index contributed by atoms with van der Waals surface area (Å²) in [4.78, 5) is 0. The van der Waals surface area contributed by atoms with E-state index in [1.165, 1.54) is 38.5 Å². The molecule has 2 heterocycles. The van der Waals surface area contributed by atoms with Crippen LogP contribution in [0, 0.1) is 0 Å². The van der Waals surface area contributed by atoms with Gasteiger partial charge in [-0.05, 0) is 52.3 Å². The Morgan fingerprint density at radius 3 is 1.72 bits per heavy atom. The summed E-state index contributed by atoms with van der Waals surface area (Å²) < 4.78 is 5.87. The van der Waals surface area contributed by atoms with E-state index in [1.54, 1.807) is 0 Å². The zero-order chi connectivity index (χ0) is 19.4. The number of hydrogen-bond donors (Lipinski definition) is 0. The Balaban J connectivity index is 1.93. The first kappa shape index (κ1) is 16.6. The minimum Gasteiger partial charge on any atom is -0.307 e. The van der Waals surface area contributed by atoms with Gasteiger partial charge in [0.05, 0.1) is 22.1 Å². The van der Waals surface area contributed by atoms with E-state index in [-0.39, 0.29) is 0 Å². The smallest absolute Gasteiger partial charge is 0.0804 e. The molecule has 0 aliphatic carbocycles. The molecular weight excluding hydrogens is 420 g/mol. The standard InChI is InChI=1S/C26H17BrN2/c27-22-16-9-15-21-24(22)29(19-12-5-2-6-13-19)25-20-14-7-8-17-23(20)28(26(21)25)18-10-3-1-4-11-18/h1-17H. The van der Waals surface area contributed by atoms with Gasteiger partial charge in [-0.3, -0.25) is 0 Å². The highest BCUT2D eigenvalue weighted by Gasteiger charge is 2.22. The monoisotopic (exact) mass is 436 g/mol. The van der Waals surface area contributed by atoms with E-state index in [1.807, 2.05) is 0 Å². The molecule has 0 radical (unpaired) electrons. The lowest BCUT2D eigenvalue weighted by molar-refractivity contribution is 1.17. The van der Waals surface area contributed by atoms with Crippen molar-refractivity contribution < 1.29 is 0 Å². The van der Waals surface area contributed by atoms with E-state index in [0.29, 0.717) is 0 Å². The van der Waals surface area contributed by atoms with E-state index in [0.717, 1.165) is 10.2 Å². The Bertz CT molecular complexity index is 1490. The molecule has 2 nitrogen and oxygen atoms in total. The quantitative estimate of drug-likeness (QED) is 0.266. The molecule has 0 aliphatic rings. The van der Waals surface area contributed by atoms with Crippen LogP contribution in [0.4, 0.5) is 0 Å². The molecule has 6 aromatic rings. The van der Waals surface area contributed by atoms with Crippen LogP contribution in [0.2, 0.25) is 0 Å². The van der Waals surface area contributed by atoms with Crippen LogP contribution in [0.25, 0.3) is 44.2 Å². The van der Waals surface area contributed by atoms with Crippen molar-refractivity contribution in [2.24, 2.45) is 0 Å². The summed E-state index contributed by atoms with van der Waals surface area (Å²) in [5, 5.41) is 2.48. The second-order valence-corrected chi connectivity index (χ2v) is 8.05. The zero-order valence-electron chi connectivity index (χ0n) is 15.6. The fourth-order valence-electron chi connectivity index (χ4n) is 4.42. The average molecular weight is 437 g/mol. The van der Waals surface area contributed by atoms with Crippen molar-refractivity contribution in [2.75, 3.05) is 0 Å². The molecule has 0 aliphatic heterocycles. The van der Waals surface area contributed by atoms with Gasteiger partial charge in [0.2, 0.25) is 0 Å². The molecule has 4 aromatic carbocycles. The number of para-hydroxylation sites is 4. The molecule has 29 heavy (non-hydrogen) atoms. The summed E-state index contributed by atoms with van der Waals surface area (Å²) in [7, 11) is 0. The van der Waals surface area contributed by atoms with Crippen molar-refractivity contribution in [1.82, 2.24) is 9.13 Å². The van der Waals surface area contributed by atoms with Crippen LogP contribution in [0.5, 0.6) is 0 Å². The van der Waals surface area contributed by atoms with Crippen LogP contribution in [0.15, 0.2) is 108 Å². The Morgan fingerprint density at radius 2 is 1.00 bits per heavy atom. The molecule has 0 saturated carbocycles. The molecule has 0 unspecified atom stereocenters. The highest BCUT2D eigenvalue weighted by Crippen LogP contribution is 2.42. The highest BCUT2D eigenvalue weighted by atomic mass is 79.9. The summed E-state index contributed by atoms with van der Waals surface area (Å²) in [5.41, 5.74) is 7.21. The Kier molecular flexibility index (Phi) is 3.65. The Hall–Kier alpha value is -3.30. The molecule has 6 rings (SSSR count). The second kappa shape index (κ2) is 6.36. The lowest BCUT2D eigenvalue weighted by Crippen LogP contribution is -1.94. The second-order valence-electron chi connectivity index (χ2n) is 7.19. The minimum atomic E-state index is 1.10. The fourth-order valence-corrected chi connectivity index (χ4v) is 4.97. The lowest BCUT2D eigenvalue weighted by Gasteiger charge is -2.09. The van der Waals surface area contributed by atoms with Crippen LogP contribution >= 0.6 is 15.9 Å². The molecular formula is C26H17BrN2. The third-order valence-corrected chi connectivity index (χ3v) is 6.21. The first-order valence-corrected chi connectivity index (χ1v) is 10.5. The van der Waals surface area contributed by atoms with Crippen LogP contribution in [-0.2, 0) is 0 Å². The maximum atomic E-state index is 3.82. The normalized spacial score (nSPS) is 11.6. The van der Waals surface area contributed by atoms with E-state index in [4.69, 9.17) is 0 Å². The summed E-state index contributed by atoms with van der Waals surface area (Å²) in [5.74, 6) is 0. The summed E-state index contributed by atoms with van der Waals surface area (Å²) in [6, 6.07) is 36.4. The number of hydrogen-bond acceptors (Lipinski definition) is 0. The maximum absolute atomic E-state index is 3.82. The number of rotatable bonds is 2. The summed E-state index contributed by atoms with van der Waals surface area (Å²) in [6.45, 7) is 0. The van der Waals surface area contributed by atoms with Crippen molar-refractivity contribution in [3.63, 3.8) is 0 Å². The molecule has 0 N–H and O–H groups in total. The molecule has 0 fully saturated rings. The van der Waals surface area contributed by atoms with Gasteiger partial charge in [0.25, 0.3) is 0 Å². The molecule has 0 amide bonds. The number of aromatic nitrogens is 2. The largest absolute Gasteiger partial charge is 0.307 e. The van der Waals surface area contributed by atoms with E-state index in [2.05, 4.69) is 128 Å². The van der Waals surface area contributed by atoms with Gasteiger partial charge >= 0.3 is 0 Å². The lowest BCUT2D eigenvalue weighted by atomic mass is 10.2. The molecule has 138 valence electrons. The summed E-state index contributed by atoms with van der Waals surface area (Å²) >= 11 is 3.82. The Morgan fingerprint density at radius 1 is 0.448 bits per heavy atom. The molecule has 0 saturated heterocycles. The summed E-state index contributed by atoms with van der Waals surface area (Å²) in [6.07, 6.45) is 0. The number of fused-ring (bicyclic) bond motifs is 5. The SMILES string of the molecule is Brc1cccc2c1n(-c1ccccc1)c1c3ccccc3n(-c3ccccc3)c21. The van der Waals surface area contributed by atoms with Crippen molar-refractivity contribution >= 4 is 48.8 Å². The van der Waals surface area contributed by atoms with Crippen LogP contribution < -0.4 is 0 Å². The first-order valence-electron chi connectivity index (χ1n) is 9.67. The first-order chi connectivity index (χ1) is 14.3. The van der Waals surface area contributed by atoms with Gasteiger partial charge in [0, 0.05) is 26.6 Å². The van der Waals surface area contributed by atoms with Crippen molar-refractivity contribution in [1.29, 1.82) is 0 Å². The van der Waals surface area contributed by atoms with Crippen LogP contribution in [0.1, 0.15) is 0 Å². The van der Waals surface area contributed by atoms with Gasteiger partial charge in [0.1, 0.15) is 0 Å². The maximum Gasteiger partial charge on any atom is 0.0804 e. The van der Waals surface area contributed by atoms with Gasteiger partial charge in [-0.1, -0.05) is 66.7 Å². The Labute approximate surface area is 176 Å². The number of halogens is 1. The van der Waals surface area contributed by atoms with E-state index in [9.17, 15) is 0 Å². The minimum absolute atomic E-state index is 1.10. The molecule has 2 aromatic heterocycles. The highest BCUT2D eigenvalue weighted by molar-refractivity contribution is 9.10. The van der Waals surface area contributed by atoms with E-state index < -0.39 is 0 Å². The van der Waals surface area contributed by atoms with Gasteiger partial charge in [0.15, 0.2) is 0 Å². The van der Waals surface area contributed by atoms with Gasteiger partial charge in [-0.2, -0.15) is 0 Å². The zero-order valence-corrected chi connectivity index (χ0v) is 17.2.